The first-order valence-electron chi connectivity index (χ1n) is 5.99. The number of para-hydroxylation sites is 1. The molecule has 0 amide bonds. The van der Waals surface area contributed by atoms with Gasteiger partial charge in [-0.15, -0.1) is 0 Å². The third-order valence-corrected chi connectivity index (χ3v) is 3.26. The van der Waals surface area contributed by atoms with Gasteiger partial charge in [0.05, 0.1) is 34.7 Å². The molecule has 0 radical (unpaired) electrons. The monoisotopic (exact) mass is 283 g/mol. The second kappa shape index (κ2) is 5.19. The van der Waals surface area contributed by atoms with Gasteiger partial charge < -0.3 is 5.32 Å². The Bertz CT molecular complexity index is 803. The van der Waals surface area contributed by atoms with Crippen LogP contribution in [0.3, 0.4) is 0 Å². The number of hydrogen-bond donors (Lipinski definition) is 1. The molecular weight excluding hydrogens is 274 g/mol. The van der Waals surface area contributed by atoms with Crippen LogP contribution in [-0.2, 0) is 6.54 Å². The van der Waals surface area contributed by atoms with Crippen molar-refractivity contribution in [1.29, 1.82) is 5.26 Å². The standard InChI is InChI=1S/C14H10ClN5/c15-12-3-1-2-10(8-16)14(12)18-9-11-4-6-17-13-5-7-19-20(11)13/h1-7,18H,9H2. The average Bonchev–Trinajstić information content (AvgIpc) is 2.94. The van der Waals surface area contributed by atoms with Crippen LogP contribution in [-0.4, -0.2) is 14.6 Å². The van der Waals surface area contributed by atoms with Gasteiger partial charge in [0.2, 0.25) is 0 Å². The van der Waals surface area contributed by atoms with Gasteiger partial charge in [-0.1, -0.05) is 17.7 Å². The number of rotatable bonds is 3. The highest BCUT2D eigenvalue weighted by atomic mass is 35.5. The van der Waals surface area contributed by atoms with E-state index in [0.29, 0.717) is 22.8 Å². The molecule has 5 nitrogen and oxygen atoms in total. The second-order valence-corrected chi connectivity index (χ2v) is 4.57. The number of aromatic nitrogens is 3. The van der Waals surface area contributed by atoms with Crippen LogP contribution >= 0.6 is 11.6 Å². The van der Waals surface area contributed by atoms with E-state index in [1.54, 1.807) is 35.1 Å². The third kappa shape index (κ3) is 2.17. The summed E-state index contributed by atoms with van der Waals surface area (Å²) in [7, 11) is 0. The Morgan fingerprint density at radius 1 is 1.25 bits per heavy atom. The lowest BCUT2D eigenvalue weighted by Crippen LogP contribution is -2.07. The lowest BCUT2D eigenvalue weighted by molar-refractivity contribution is 0.854. The molecule has 0 saturated carbocycles. The molecule has 0 aliphatic rings. The van der Waals surface area contributed by atoms with Crippen LogP contribution in [0.5, 0.6) is 0 Å². The van der Waals surface area contributed by atoms with Gasteiger partial charge in [0, 0.05) is 12.3 Å². The van der Waals surface area contributed by atoms with Gasteiger partial charge in [-0.25, -0.2) is 9.50 Å². The van der Waals surface area contributed by atoms with E-state index in [-0.39, 0.29) is 0 Å². The molecular formula is C14H10ClN5. The fourth-order valence-electron chi connectivity index (χ4n) is 2.00. The van der Waals surface area contributed by atoms with Crippen molar-refractivity contribution >= 4 is 22.9 Å². The molecule has 3 aromatic rings. The predicted octanol–water partition coefficient (Wildman–Crippen LogP) is 2.87. The summed E-state index contributed by atoms with van der Waals surface area (Å²) in [6.45, 7) is 0.499. The van der Waals surface area contributed by atoms with Gasteiger partial charge in [0.25, 0.3) is 0 Å². The first-order chi connectivity index (χ1) is 9.79. The Morgan fingerprint density at radius 3 is 3.00 bits per heavy atom. The Labute approximate surface area is 120 Å². The molecule has 0 fully saturated rings. The maximum Gasteiger partial charge on any atom is 0.155 e. The van der Waals surface area contributed by atoms with Crippen LogP contribution in [0.25, 0.3) is 5.65 Å². The van der Waals surface area contributed by atoms with Gasteiger partial charge >= 0.3 is 0 Å². The fourth-order valence-corrected chi connectivity index (χ4v) is 2.24. The Kier molecular flexibility index (Phi) is 3.23. The summed E-state index contributed by atoms with van der Waals surface area (Å²) in [5, 5.41) is 17.0. The molecule has 0 spiro atoms. The van der Waals surface area contributed by atoms with Gasteiger partial charge in [0.15, 0.2) is 5.65 Å². The van der Waals surface area contributed by atoms with E-state index in [4.69, 9.17) is 16.9 Å². The highest BCUT2D eigenvalue weighted by molar-refractivity contribution is 6.33. The average molecular weight is 284 g/mol. The SMILES string of the molecule is N#Cc1cccc(Cl)c1NCc1ccnc2ccnn12. The van der Waals surface area contributed by atoms with Gasteiger partial charge in [-0.2, -0.15) is 10.4 Å². The van der Waals surface area contributed by atoms with E-state index < -0.39 is 0 Å². The molecule has 98 valence electrons. The van der Waals surface area contributed by atoms with Crippen LogP contribution in [0.2, 0.25) is 5.02 Å². The van der Waals surface area contributed by atoms with Crippen LogP contribution in [0.1, 0.15) is 11.3 Å². The van der Waals surface area contributed by atoms with E-state index >= 15 is 0 Å². The summed E-state index contributed by atoms with van der Waals surface area (Å²) in [4.78, 5) is 4.20. The Balaban J connectivity index is 1.91. The molecule has 0 atom stereocenters. The summed E-state index contributed by atoms with van der Waals surface area (Å²) in [5.41, 5.74) is 2.87. The number of hydrogen-bond acceptors (Lipinski definition) is 4. The second-order valence-electron chi connectivity index (χ2n) is 4.17. The van der Waals surface area contributed by atoms with Crippen LogP contribution in [0, 0.1) is 11.3 Å². The summed E-state index contributed by atoms with van der Waals surface area (Å²) >= 11 is 6.12. The third-order valence-electron chi connectivity index (χ3n) is 2.95. The van der Waals surface area contributed by atoms with Crippen molar-refractivity contribution in [2.45, 2.75) is 6.54 Å². The molecule has 0 aliphatic carbocycles. The number of halogens is 1. The largest absolute Gasteiger partial charge is 0.377 e. The van der Waals surface area contributed by atoms with Crippen molar-refractivity contribution in [1.82, 2.24) is 14.6 Å². The summed E-state index contributed by atoms with van der Waals surface area (Å²) in [6, 6.07) is 11.1. The molecule has 3 rings (SSSR count). The molecule has 0 saturated heterocycles. The fraction of sp³-hybridized carbons (Fsp3) is 0.0714. The van der Waals surface area contributed by atoms with E-state index in [1.807, 2.05) is 12.1 Å². The van der Waals surface area contributed by atoms with Crippen molar-refractivity contribution in [3.8, 4) is 6.07 Å². The van der Waals surface area contributed by atoms with Crippen molar-refractivity contribution < 1.29 is 0 Å². The molecule has 2 heterocycles. The summed E-state index contributed by atoms with van der Waals surface area (Å²) in [5.74, 6) is 0. The van der Waals surface area contributed by atoms with Crippen LogP contribution in [0.15, 0.2) is 42.7 Å². The summed E-state index contributed by atoms with van der Waals surface area (Å²) in [6.07, 6.45) is 3.42. The molecule has 0 bridgehead atoms. The maximum absolute atomic E-state index is 9.10. The maximum atomic E-state index is 9.10. The van der Waals surface area contributed by atoms with Crippen molar-refractivity contribution in [2.75, 3.05) is 5.32 Å². The zero-order chi connectivity index (χ0) is 13.9. The molecule has 0 aliphatic heterocycles. The number of nitrogens with one attached hydrogen (secondary N) is 1. The number of fused-ring (bicyclic) bond motifs is 1. The molecule has 6 heteroatoms. The van der Waals surface area contributed by atoms with E-state index in [0.717, 1.165) is 11.3 Å². The van der Waals surface area contributed by atoms with Gasteiger partial charge in [-0.3, -0.25) is 0 Å². The van der Waals surface area contributed by atoms with Gasteiger partial charge in [0.1, 0.15) is 6.07 Å². The molecule has 1 aromatic carbocycles. The highest BCUT2D eigenvalue weighted by Crippen LogP contribution is 2.25. The van der Waals surface area contributed by atoms with Crippen molar-refractivity contribution in [3.05, 3.63) is 59.0 Å². The summed E-state index contributed by atoms with van der Waals surface area (Å²) < 4.78 is 1.75. The topological polar surface area (TPSA) is 66.0 Å². The smallest absolute Gasteiger partial charge is 0.155 e. The lowest BCUT2D eigenvalue weighted by Gasteiger charge is -2.10. The van der Waals surface area contributed by atoms with E-state index in [2.05, 4.69) is 21.5 Å². The first kappa shape index (κ1) is 12.5. The number of benzene rings is 1. The Hall–Kier alpha value is -2.58. The molecule has 1 N–H and O–H groups in total. The number of nitrogens with zero attached hydrogens (tertiary/aromatic N) is 4. The first-order valence-corrected chi connectivity index (χ1v) is 6.37. The number of anilines is 1. The minimum atomic E-state index is 0.499. The van der Waals surface area contributed by atoms with Crippen LogP contribution < -0.4 is 5.32 Å². The number of nitriles is 1. The quantitative estimate of drug-likeness (QED) is 0.803. The van der Waals surface area contributed by atoms with Gasteiger partial charge in [-0.05, 0) is 18.2 Å². The minimum absolute atomic E-state index is 0.499. The molecule has 0 unspecified atom stereocenters. The van der Waals surface area contributed by atoms with Crippen molar-refractivity contribution in [2.24, 2.45) is 0 Å². The zero-order valence-electron chi connectivity index (χ0n) is 10.4. The van der Waals surface area contributed by atoms with Crippen LogP contribution in [0.4, 0.5) is 5.69 Å². The van der Waals surface area contributed by atoms with E-state index in [1.165, 1.54) is 0 Å². The zero-order valence-corrected chi connectivity index (χ0v) is 11.2. The lowest BCUT2D eigenvalue weighted by atomic mass is 10.2. The normalized spacial score (nSPS) is 10.4. The van der Waals surface area contributed by atoms with Crippen molar-refractivity contribution in [3.63, 3.8) is 0 Å². The Morgan fingerprint density at radius 2 is 2.15 bits per heavy atom. The molecule has 2 aromatic heterocycles. The minimum Gasteiger partial charge on any atom is -0.377 e. The predicted molar refractivity (Wildman–Crippen MR) is 76.5 cm³/mol. The molecule has 20 heavy (non-hydrogen) atoms. The van der Waals surface area contributed by atoms with E-state index in [9.17, 15) is 0 Å². The highest BCUT2D eigenvalue weighted by Gasteiger charge is 2.07.